The van der Waals surface area contributed by atoms with Crippen molar-refractivity contribution < 1.29 is 0 Å². The summed E-state index contributed by atoms with van der Waals surface area (Å²) in [6.07, 6.45) is 9.76. The molecule has 138 valence electrons. The van der Waals surface area contributed by atoms with Gasteiger partial charge < -0.3 is 4.90 Å². The monoisotopic (exact) mass is 339 g/mol. The van der Waals surface area contributed by atoms with Crippen LogP contribution in [-0.2, 0) is 11.8 Å². The van der Waals surface area contributed by atoms with Crippen LogP contribution in [-0.4, -0.2) is 24.5 Å². The molecule has 0 aromatic heterocycles. The number of benzene rings is 1. The van der Waals surface area contributed by atoms with Gasteiger partial charge in [-0.15, -0.1) is 0 Å². The molecule has 2 fully saturated rings. The maximum absolute atomic E-state index is 2.77. The molecule has 0 spiro atoms. The first-order valence-electron chi connectivity index (χ1n) is 10.8. The molecule has 1 heterocycles. The average molecular weight is 340 g/mol. The predicted octanol–water partition coefficient (Wildman–Crippen LogP) is 5.92. The average Bonchev–Trinajstić information content (AvgIpc) is 3.06. The molecule has 25 heavy (non-hydrogen) atoms. The zero-order chi connectivity index (χ0) is 17.7. The van der Waals surface area contributed by atoms with E-state index in [4.69, 9.17) is 0 Å². The molecule has 1 unspecified atom stereocenters. The van der Waals surface area contributed by atoms with E-state index >= 15 is 0 Å². The summed E-state index contributed by atoms with van der Waals surface area (Å²) in [4.78, 5) is 2.77. The van der Waals surface area contributed by atoms with Crippen LogP contribution in [0.15, 0.2) is 18.2 Å². The molecule has 0 N–H and O–H groups in total. The minimum atomic E-state index is 0.399. The van der Waals surface area contributed by atoms with Crippen molar-refractivity contribution in [2.24, 2.45) is 11.3 Å². The van der Waals surface area contributed by atoms with Crippen molar-refractivity contribution in [1.29, 1.82) is 0 Å². The first kappa shape index (κ1) is 17.6. The van der Waals surface area contributed by atoms with E-state index in [1.54, 1.807) is 11.1 Å². The van der Waals surface area contributed by atoms with Gasteiger partial charge in [0.15, 0.2) is 0 Å². The Morgan fingerprint density at radius 1 is 1.08 bits per heavy atom. The highest BCUT2D eigenvalue weighted by atomic mass is 15.1. The molecule has 3 aliphatic rings. The van der Waals surface area contributed by atoms with Crippen LogP contribution in [0.4, 0.5) is 0 Å². The number of likely N-dealkylation sites (tertiary alicyclic amines) is 1. The van der Waals surface area contributed by atoms with Gasteiger partial charge in [0.25, 0.3) is 0 Å². The first-order chi connectivity index (χ1) is 11.9. The van der Waals surface area contributed by atoms with Gasteiger partial charge >= 0.3 is 0 Å². The fourth-order valence-corrected chi connectivity index (χ4v) is 6.64. The topological polar surface area (TPSA) is 3.24 Å². The Hall–Kier alpha value is -0.820. The third-order valence-electron chi connectivity index (χ3n) is 7.95. The van der Waals surface area contributed by atoms with Gasteiger partial charge in [-0.1, -0.05) is 52.3 Å². The van der Waals surface area contributed by atoms with Crippen LogP contribution in [0, 0.1) is 11.3 Å². The third-order valence-corrected chi connectivity index (χ3v) is 7.95. The SMILES string of the molecule is CC(C)c1ccc2c(c1)CCC1[C@](C)(CN3CCCC3)CCC[C@]21C. The predicted molar refractivity (Wildman–Crippen MR) is 107 cm³/mol. The van der Waals surface area contributed by atoms with Crippen molar-refractivity contribution in [2.75, 3.05) is 19.6 Å². The van der Waals surface area contributed by atoms with Crippen molar-refractivity contribution in [3.05, 3.63) is 34.9 Å². The lowest BCUT2D eigenvalue weighted by Crippen LogP contribution is -2.53. The summed E-state index contributed by atoms with van der Waals surface area (Å²) in [6.45, 7) is 13.9. The fraction of sp³-hybridized carbons (Fsp3) is 0.750. The lowest BCUT2D eigenvalue weighted by atomic mass is 9.49. The molecule has 1 heteroatoms. The number of fused-ring (bicyclic) bond motifs is 3. The highest BCUT2D eigenvalue weighted by Gasteiger charge is 2.52. The molecule has 0 amide bonds. The summed E-state index contributed by atoms with van der Waals surface area (Å²) in [7, 11) is 0. The largest absolute Gasteiger partial charge is 0.303 e. The highest BCUT2D eigenvalue weighted by molar-refractivity contribution is 5.42. The number of hydrogen-bond acceptors (Lipinski definition) is 1. The molecule has 0 radical (unpaired) electrons. The van der Waals surface area contributed by atoms with E-state index in [-0.39, 0.29) is 0 Å². The zero-order valence-electron chi connectivity index (χ0n) is 16.9. The molecule has 0 bridgehead atoms. The second-order valence-electron chi connectivity index (χ2n) is 10.1. The molecule has 3 atom stereocenters. The molecular weight excluding hydrogens is 302 g/mol. The van der Waals surface area contributed by atoms with Crippen LogP contribution in [0.3, 0.4) is 0 Å². The van der Waals surface area contributed by atoms with E-state index in [2.05, 4.69) is 50.8 Å². The Morgan fingerprint density at radius 3 is 2.56 bits per heavy atom. The van der Waals surface area contributed by atoms with Crippen molar-refractivity contribution in [2.45, 2.75) is 84.0 Å². The second-order valence-corrected chi connectivity index (χ2v) is 10.1. The van der Waals surface area contributed by atoms with Crippen LogP contribution in [0.25, 0.3) is 0 Å². The molecule has 1 saturated heterocycles. The third kappa shape index (κ3) is 2.97. The smallest absolute Gasteiger partial charge is 0.00383 e. The number of rotatable bonds is 3. The number of nitrogens with zero attached hydrogens (tertiary/aromatic N) is 1. The summed E-state index contributed by atoms with van der Waals surface area (Å²) in [5.41, 5.74) is 5.79. The number of aryl methyl sites for hydroxylation is 1. The van der Waals surface area contributed by atoms with E-state index in [0.29, 0.717) is 16.7 Å². The van der Waals surface area contributed by atoms with E-state index in [9.17, 15) is 0 Å². The van der Waals surface area contributed by atoms with Crippen LogP contribution < -0.4 is 0 Å². The van der Waals surface area contributed by atoms with Crippen LogP contribution in [0.1, 0.15) is 88.8 Å². The van der Waals surface area contributed by atoms with E-state index < -0.39 is 0 Å². The Morgan fingerprint density at radius 2 is 1.84 bits per heavy atom. The highest BCUT2D eigenvalue weighted by Crippen LogP contribution is 2.57. The van der Waals surface area contributed by atoms with E-state index in [0.717, 1.165) is 5.92 Å². The summed E-state index contributed by atoms with van der Waals surface area (Å²) >= 11 is 0. The van der Waals surface area contributed by atoms with Gasteiger partial charge in [-0.3, -0.25) is 0 Å². The lowest BCUT2D eigenvalue weighted by Gasteiger charge is -2.56. The van der Waals surface area contributed by atoms with Gasteiger partial charge in [-0.25, -0.2) is 0 Å². The normalized spacial score (nSPS) is 35.6. The maximum atomic E-state index is 2.77. The molecule has 1 aromatic rings. The van der Waals surface area contributed by atoms with Gasteiger partial charge in [0.2, 0.25) is 0 Å². The Labute approximate surface area is 155 Å². The summed E-state index contributed by atoms with van der Waals surface area (Å²) in [5.74, 6) is 1.49. The Bertz CT molecular complexity index is 627. The van der Waals surface area contributed by atoms with Crippen molar-refractivity contribution in [1.82, 2.24) is 4.90 Å². The molecule has 1 aliphatic heterocycles. The van der Waals surface area contributed by atoms with E-state index in [1.807, 2.05) is 0 Å². The summed E-state index contributed by atoms with van der Waals surface area (Å²) in [5, 5.41) is 0. The minimum Gasteiger partial charge on any atom is -0.303 e. The Balaban J connectivity index is 1.66. The lowest BCUT2D eigenvalue weighted by molar-refractivity contribution is 0.00163. The second kappa shape index (κ2) is 6.41. The molecule has 1 aromatic carbocycles. The Kier molecular flexibility index (Phi) is 4.51. The van der Waals surface area contributed by atoms with E-state index in [1.165, 1.54) is 70.1 Å². The van der Waals surface area contributed by atoms with Crippen molar-refractivity contribution in [3.8, 4) is 0 Å². The molecule has 1 nitrogen and oxygen atoms in total. The molecule has 1 saturated carbocycles. The zero-order valence-corrected chi connectivity index (χ0v) is 16.9. The van der Waals surface area contributed by atoms with Gasteiger partial charge in [0, 0.05) is 6.54 Å². The van der Waals surface area contributed by atoms with Gasteiger partial charge in [-0.05, 0) is 91.0 Å². The summed E-state index contributed by atoms with van der Waals surface area (Å²) in [6, 6.07) is 7.47. The number of hydrogen-bond donors (Lipinski definition) is 0. The van der Waals surface area contributed by atoms with Gasteiger partial charge in [0.1, 0.15) is 0 Å². The van der Waals surface area contributed by atoms with Crippen LogP contribution >= 0.6 is 0 Å². The fourth-order valence-electron chi connectivity index (χ4n) is 6.64. The minimum absolute atomic E-state index is 0.399. The standard InChI is InChI=1S/C24H37N/c1-18(2)19-8-10-21-20(16-19)9-11-22-23(3,12-7-13-24(21,22)4)17-25-14-5-6-15-25/h8,10,16,18,22H,5-7,9,11-15,17H2,1-4H3/t22?,23-,24+/m0/s1. The summed E-state index contributed by atoms with van der Waals surface area (Å²) < 4.78 is 0. The van der Waals surface area contributed by atoms with Crippen molar-refractivity contribution >= 4 is 0 Å². The first-order valence-corrected chi connectivity index (χ1v) is 10.8. The maximum Gasteiger partial charge on any atom is 0.00383 e. The van der Waals surface area contributed by atoms with Gasteiger partial charge in [0.05, 0.1) is 0 Å². The van der Waals surface area contributed by atoms with Crippen LogP contribution in [0.5, 0.6) is 0 Å². The van der Waals surface area contributed by atoms with Crippen LogP contribution in [0.2, 0.25) is 0 Å². The molecular formula is C24H37N. The molecule has 4 rings (SSSR count). The van der Waals surface area contributed by atoms with Crippen molar-refractivity contribution in [3.63, 3.8) is 0 Å². The quantitative estimate of drug-likeness (QED) is 0.661. The molecule has 2 aliphatic carbocycles. The van der Waals surface area contributed by atoms with Gasteiger partial charge in [-0.2, -0.15) is 0 Å².